The summed E-state index contributed by atoms with van der Waals surface area (Å²) in [6.45, 7) is 1.38. The van der Waals surface area contributed by atoms with Crippen molar-refractivity contribution in [3.8, 4) is 0 Å². The Kier molecular flexibility index (Phi) is 2.87. The van der Waals surface area contributed by atoms with Crippen LogP contribution in [-0.4, -0.2) is 9.78 Å². The van der Waals surface area contributed by atoms with Crippen molar-refractivity contribution in [2.75, 3.05) is 0 Å². The number of rotatable bonds is 0. The normalized spacial score (nSPS) is 11.1. The van der Waals surface area contributed by atoms with Gasteiger partial charge in [-0.05, 0) is 12.5 Å². The summed E-state index contributed by atoms with van der Waals surface area (Å²) in [6.07, 6.45) is -2.99. The zero-order valence-corrected chi connectivity index (χ0v) is 6.81. The Morgan fingerprint density at radius 3 is 2.08 bits per heavy atom. The average Bonchev–Trinajstić information content (AvgIpc) is 2.08. The van der Waals surface area contributed by atoms with Gasteiger partial charge in [-0.1, -0.05) is 0 Å². The molecule has 1 aromatic rings. The first kappa shape index (κ1) is 11.0. The molecule has 0 aliphatic carbocycles. The van der Waals surface area contributed by atoms with E-state index in [-0.39, 0.29) is 11.7 Å². The second kappa shape index (κ2) is 3.14. The lowest BCUT2D eigenvalue weighted by atomic mass is 10.3. The summed E-state index contributed by atoms with van der Waals surface area (Å²) in [5.74, 6) is 0. The Morgan fingerprint density at radius 1 is 1.42 bits per heavy atom. The third-order valence-corrected chi connectivity index (χ3v) is 1.28. The molecule has 1 rings (SSSR count). The van der Waals surface area contributed by atoms with E-state index in [4.69, 9.17) is 0 Å². The highest BCUT2D eigenvalue weighted by atomic mass is 19.4. The predicted octanol–water partition coefficient (Wildman–Crippen LogP) is 1.91. The fraction of sp³-hybridized carbons (Fsp3) is 0.500. The van der Waals surface area contributed by atoms with E-state index in [0.29, 0.717) is 0 Å². The van der Waals surface area contributed by atoms with Crippen LogP contribution >= 0.6 is 0 Å². The number of nitrogens with zero attached hydrogens (tertiary/aromatic N) is 2. The van der Waals surface area contributed by atoms with E-state index >= 15 is 0 Å². The van der Waals surface area contributed by atoms with Crippen LogP contribution in [0.1, 0.15) is 11.3 Å². The average molecular weight is 181 g/mol. The third kappa shape index (κ3) is 1.97. The summed E-state index contributed by atoms with van der Waals surface area (Å²) in [5, 5.41) is 3.27. The number of hydrogen-bond donors (Lipinski definition) is 1. The van der Waals surface area contributed by atoms with Crippen LogP contribution in [0.3, 0.4) is 0 Å². The summed E-state index contributed by atoms with van der Waals surface area (Å²) in [4.78, 5) is 0. The number of alkyl halides is 3. The minimum atomic E-state index is -4.33. The van der Waals surface area contributed by atoms with Gasteiger partial charge in [0.25, 0.3) is 0 Å². The third-order valence-electron chi connectivity index (χ3n) is 1.28. The fourth-order valence-electron chi connectivity index (χ4n) is 0.887. The molecule has 0 fully saturated rings. The molecular formula is C6H10F3N3. The number of aromatic nitrogens is 2. The molecule has 0 bridgehead atoms. The largest absolute Gasteiger partial charge is 0.435 e. The van der Waals surface area contributed by atoms with E-state index in [2.05, 4.69) is 5.10 Å². The molecule has 0 aliphatic heterocycles. The molecule has 0 aliphatic rings. The molecule has 0 amide bonds. The number of hydrogen-bond acceptors (Lipinski definition) is 2. The molecular weight excluding hydrogens is 171 g/mol. The Hall–Kier alpha value is -1.04. The molecule has 0 aromatic carbocycles. The molecule has 0 saturated heterocycles. The lowest BCUT2D eigenvalue weighted by Gasteiger charge is -2.01. The molecule has 70 valence electrons. The standard InChI is InChI=1S/C6H7F3N2.H3N/c1-4-3-11(2)10-5(4)6(7,8)9;/h3H,1-2H3;1H3. The van der Waals surface area contributed by atoms with Gasteiger partial charge >= 0.3 is 6.18 Å². The van der Waals surface area contributed by atoms with Crippen LogP contribution in [-0.2, 0) is 13.2 Å². The van der Waals surface area contributed by atoms with Crippen LogP contribution in [0.15, 0.2) is 6.20 Å². The highest BCUT2D eigenvalue weighted by Gasteiger charge is 2.35. The van der Waals surface area contributed by atoms with Crippen LogP contribution in [0, 0.1) is 6.92 Å². The molecule has 6 heteroatoms. The Labute approximate surface area is 67.8 Å². The topological polar surface area (TPSA) is 52.8 Å². The van der Waals surface area contributed by atoms with Crippen molar-refractivity contribution in [2.45, 2.75) is 13.1 Å². The van der Waals surface area contributed by atoms with E-state index in [0.717, 1.165) is 4.68 Å². The first-order valence-corrected chi connectivity index (χ1v) is 2.98. The summed E-state index contributed by atoms with van der Waals surface area (Å²) in [5.41, 5.74) is -0.653. The van der Waals surface area contributed by atoms with Crippen LogP contribution < -0.4 is 6.15 Å². The maximum atomic E-state index is 12.0. The molecule has 0 saturated carbocycles. The zero-order chi connectivity index (χ0) is 8.65. The van der Waals surface area contributed by atoms with Crippen molar-refractivity contribution in [3.63, 3.8) is 0 Å². The van der Waals surface area contributed by atoms with E-state index in [1.54, 1.807) is 0 Å². The Bertz CT molecular complexity index is 263. The van der Waals surface area contributed by atoms with Gasteiger partial charge in [-0.3, -0.25) is 4.68 Å². The second-order valence-electron chi connectivity index (χ2n) is 2.33. The van der Waals surface area contributed by atoms with Gasteiger partial charge in [-0.25, -0.2) is 0 Å². The van der Waals surface area contributed by atoms with Gasteiger partial charge in [0, 0.05) is 13.2 Å². The van der Waals surface area contributed by atoms with E-state index in [1.807, 2.05) is 0 Å². The minimum Gasteiger partial charge on any atom is -0.344 e. The van der Waals surface area contributed by atoms with Gasteiger partial charge in [-0.2, -0.15) is 18.3 Å². The molecule has 0 atom stereocenters. The van der Waals surface area contributed by atoms with E-state index in [9.17, 15) is 13.2 Å². The van der Waals surface area contributed by atoms with Gasteiger partial charge in [0.1, 0.15) is 0 Å². The van der Waals surface area contributed by atoms with Gasteiger partial charge in [0.2, 0.25) is 0 Å². The fourth-order valence-corrected chi connectivity index (χ4v) is 0.887. The zero-order valence-electron chi connectivity index (χ0n) is 6.81. The van der Waals surface area contributed by atoms with Crippen LogP contribution in [0.5, 0.6) is 0 Å². The van der Waals surface area contributed by atoms with Crippen molar-refractivity contribution in [1.29, 1.82) is 0 Å². The number of aryl methyl sites for hydroxylation is 2. The highest BCUT2D eigenvalue weighted by Crippen LogP contribution is 2.29. The van der Waals surface area contributed by atoms with Crippen molar-refractivity contribution in [3.05, 3.63) is 17.5 Å². The molecule has 1 heterocycles. The first-order chi connectivity index (χ1) is 4.91. The van der Waals surface area contributed by atoms with Crippen molar-refractivity contribution >= 4 is 0 Å². The quantitative estimate of drug-likeness (QED) is 0.664. The number of halogens is 3. The van der Waals surface area contributed by atoms with Crippen LogP contribution in [0.25, 0.3) is 0 Å². The minimum absolute atomic E-state index is 0. The van der Waals surface area contributed by atoms with Gasteiger partial charge in [0.05, 0.1) is 0 Å². The van der Waals surface area contributed by atoms with Crippen molar-refractivity contribution in [1.82, 2.24) is 15.9 Å². The van der Waals surface area contributed by atoms with Crippen molar-refractivity contribution in [2.24, 2.45) is 7.05 Å². The van der Waals surface area contributed by atoms with Gasteiger partial charge < -0.3 is 6.15 Å². The van der Waals surface area contributed by atoms with Gasteiger partial charge in [0.15, 0.2) is 5.69 Å². The SMILES string of the molecule is Cc1cn(C)nc1C(F)(F)F.N. The van der Waals surface area contributed by atoms with Crippen LogP contribution in [0.2, 0.25) is 0 Å². The lowest BCUT2D eigenvalue weighted by Crippen LogP contribution is -2.08. The molecule has 0 spiro atoms. The summed E-state index contributed by atoms with van der Waals surface area (Å²) in [6, 6.07) is 0. The van der Waals surface area contributed by atoms with E-state index in [1.165, 1.54) is 20.2 Å². The monoisotopic (exact) mass is 181 g/mol. The highest BCUT2D eigenvalue weighted by molar-refractivity contribution is 5.17. The molecule has 3 N–H and O–H groups in total. The van der Waals surface area contributed by atoms with Gasteiger partial charge in [-0.15, -0.1) is 0 Å². The molecule has 0 radical (unpaired) electrons. The van der Waals surface area contributed by atoms with Crippen molar-refractivity contribution < 1.29 is 13.2 Å². The second-order valence-corrected chi connectivity index (χ2v) is 2.33. The maximum absolute atomic E-state index is 12.0. The smallest absolute Gasteiger partial charge is 0.344 e. The molecule has 0 unspecified atom stereocenters. The van der Waals surface area contributed by atoms with E-state index < -0.39 is 11.9 Å². The lowest BCUT2D eigenvalue weighted by molar-refractivity contribution is -0.141. The summed E-state index contributed by atoms with van der Waals surface area (Å²) in [7, 11) is 1.46. The predicted molar refractivity (Wildman–Crippen MR) is 38.0 cm³/mol. The first-order valence-electron chi connectivity index (χ1n) is 2.98. The molecule has 1 aromatic heterocycles. The maximum Gasteiger partial charge on any atom is 0.435 e. The summed E-state index contributed by atoms with van der Waals surface area (Å²) < 4.78 is 37.1. The van der Waals surface area contributed by atoms with Crippen LogP contribution in [0.4, 0.5) is 13.2 Å². The summed E-state index contributed by atoms with van der Waals surface area (Å²) >= 11 is 0. The molecule has 12 heavy (non-hydrogen) atoms. The molecule has 3 nitrogen and oxygen atoms in total. The Morgan fingerprint density at radius 2 is 1.92 bits per heavy atom. The Balaban J connectivity index is 0.00000121.